The highest BCUT2D eigenvalue weighted by Gasteiger charge is 2.40. The van der Waals surface area contributed by atoms with Crippen molar-refractivity contribution in [3.8, 4) is 28.1 Å². The van der Waals surface area contributed by atoms with Crippen molar-refractivity contribution in [2.24, 2.45) is 7.05 Å². The minimum absolute atomic E-state index is 0.0131. The molecule has 16 heteroatoms. The Morgan fingerprint density at radius 3 is 2.33 bits per heavy atom. The SMILES string of the molecule is Cn1nc(C(F)(F)CNCCO)c2c1c1ccc(-c3cccc(S(C)(=O)=O)c3)cc1[n+]1c(-c3ccc(OC(F)(F)F)cc3)cnn21. The van der Waals surface area contributed by atoms with Crippen LogP contribution in [0.4, 0.5) is 22.0 Å². The third-order valence-corrected chi connectivity index (χ3v) is 8.48. The van der Waals surface area contributed by atoms with Crippen LogP contribution in [0.1, 0.15) is 5.69 Å². The Kier molecular flexibility index (Phi) is 7.69. The molecule has 3 aromatic heterocycles. The number of hydrogen-bond donors (Lipinski definition) is 2. The molecular formula is C30H26F5N6O4S+. The number of rotatable bonds is 9. The van der Waals surface area contributed by atoms with Crippen LogP contribution in [0.3, 0.4) is 0 Å². The second-order valence-electron chi connectivity index (χ2n) is 10.6. The lowest BCUT2D eigenvalue weighted by molar-refractivity contribution is -0.581. The van der Waals surface area contributed by atoms with E-state index in [2.05, 4.69) is 20.3 Å². The van der Waals surface area contributed by atoms with E-state index in [1.54, 1.807) is 34.8 Å². The van der Waals surface area contributed by atoms with Crippen molar-refractivity contribution in [3.05, 3.63) is 78.6 Å². The van der Waals surface area contributed by atoms with E-state index in [1.807, 2.05) is 0 Å². The first-order valence-electron chi connectivity index (χ1n) is 13.8. The lowest BCUT2D eigenvalue weighted by atomic mass is 10.0. The number of benzene rings is 3. The zero-order valence-electron chi connectivity index (χ0n) is 24.3. The van der Waals surface area contributed by atoms with Gasteiger partial charge in [0.1, 0.15) is 11.3 Å². The topological polar surface area (TPSA) is 115 Å². The monoisotopic (exact) mass is 661 g/mol. The molecule has 2 N–H and O–H groups in total. The van der Waals surface area contributed by atoms with Crippen LogP contribution in [0.15, 0.2) is 77.8 Å². The lowest BCUT2D eigenvalue weighted by Crippen LogP contribution is -2.35. The number of nitrogens with zero attached hydrogens (tertiary/aromatic N) is 5. The molecule has 240 valence electrons. The van der Waals surface area contributed by atoms with Gasteiger partial charge in [0.25, 0.3) is 0 Å². The molecule has 0 aliphatic carbocycles. The number of alkyl halides is 5. The molecule has 3 heterocycles. The van der Waals surface area contributed by atoms with Crippen molar-refractivity contribution in [3.63, 3.8) is 0 Å². The van der Waals surface area contributed by atoms with Crippen molar-refractivity contribution in [1.82, 2.24) is 24.8 Å². The fourth-order valence-electron chi connectivity index (χ4n) is 5.38. The highest BCUT2D eigenvalue weighted by Crippen LogP contribution is 2.36. The summed E-state index contributed by atoms with van der Waals surface area (Å²) in [5.74, 6) is -3.94. The van der Waals surface area contributed by atoms with Gasteiger partial charge in [0.15, 0.2) is 26.6 Å². The molecular weight excluding hydrogens is 635 g/mol. The number of halogens is 5. The predicted octanol–water partition coefficient (Wildman–Crippen LogP) is 4.27. The van der Waals surface area contributed by atoms with E-state index >= 15 is 8.78 Å². The van der Waals surface area contributed by atoms with E-state index in [-0.39, 0.29) is 23.6 Å². The molecule has 46 heavy (non-hydrogen) atoms. The summed E-state index contributed by atoms with van der Waals surface area (Å²) in [5, 5.41) is 20.7. The highest BCUT2D eigenvalue weighted by atomic mass is 32.2. The van der Waals surface area contributed by atoms with Crippen LogP contribution in [-0.4, -0.2) is 65.3 Å². The number of sulfone groups is 1. The van der Waals surface area contributed by atoms with Crippen molar-refractivity contribution >= 4 is 31.8 Å². The van der Waals surface area contributed by atoms with Crippen LogP contribution in [0.25, 0.3) is 44.3 Å². The van der Waals surface area contributed by atoms with Gasteiger partial charge in [-0.25, -0.2) is 8.42 Å². The van der Waals surface area contributed by atoms with Gasteiger partial charge in [0.05, 0.1) is 23.4 Å². The van der Waals surface area contributed by atoms with Crippen molar-refractivity contribution in [1.29, 1.82) is 0 Å². The maximum absolute atomic E-state index is 15.7. The van der Waals surface area contributed by atoms with Crippen LogP contribution >= 0.6 is 0 Å². The van der Waals surface area contributed by atoms with Gasteiger partial charge in [-0.15, -0.1) is 17.7 Å². The highest BCUT2D eigenvalue weighted by molar-refractivity contribution is 7.90. The third-order valence-electron chi connectivity index (χ3n) is 7.37. The van der Waals surface area contributed by atoms with Crippen molar-refractivity contribution in [2.45, 2.75) is 17.2 Å². The summed E-state index contributed by atoms with van der Waals surface area (Å²) < 4.78 is 102. The Bertz CT molecular complexity index is 2210. The summed E-state index contributed by atoms with van der Waals surface area (Å²) in [6.45, 7) is -1.21. The Morgan fingerprint density at radius 2 is 1.65 bits per heavy atom. The van der Waals surface area contributed by atoms with E-state index in [0.29, 0.717) is 38.8 Å². The normalized spacial score (nSPS) is 12.9. The summed E-state index contributed by atoms with van der Waals surface area (Å²) in [6, 6.07) is 16.6. The molecule has 0 unspecified atom stereocenters. The zero-order chi connectivity index (χ0) is 33.0. The number of ether oxygens (including phenoxy) is 1. The molecule has 0 atom stereocenters. The van der Waals surface area contributed by atoms with Gasteiger partial charge in [-0.3, -0.25) is 4.68 Å². The van der Waals surface area contributed by atoms with E-state index in [4.69, 9.17) is 5.11 Å². The van der Waals surface area contributed by atoms with Gasteiger partial charge >= 0.3 is 12.3 Å². The average molecular weight is 662 g/mol. The lowest BCUT2D eigenvalue weighted by Gasteiger charge is -2.14. The first kappa shape index (κ1) is 31.3. The van der Waals surface area contributed by atoms with Gasteiger partial charge in [0.2, 0.25) is 11.9 Å². The number of aliphatic hydroxyl groups excluding tert-OH is 1. The zero-order valence-corrected chi connectivity index (χ0v) is 25.1. The Labute approximate surface area is 258 Å². The molecule has 6 aromatic rings. The minimum Gasteiger partial charge on any atom is -0.406 e. The molecule has 0 amide bonds. The fourth-order valence-corrected chi connectivity index (χ4v) is 6.05. The van der Waals surface area contributed by atoms with E-state index in [9.17, 15) is 21.6 Å². The van der Waals surface area contributed by atoms with Crippen molar-refractivity contribution in [2.75, 3.05) is 26.0 Å². The first-order chi connectivity index (χ1) is 21.7. The van der Waals surface area contributed by atoms with E-state index < -0.39 is 40.1 Å². The first-order valence-corrected chi connectivity index (χ1v) is 15.7. The predicted molar refractivity (Wildman–Crippen MR) is 157 cm³/mol. The molecule has 0 saturated heterocycles. The van der Waals surface area contributed by atoms with Gasteiger partial charge in [-0.2, -0.15) is 13.9 Å². The molecule has 0 bridgehead atoms. The quantitative estimate of drug-likeness (QED) is 0.135. The Hall–Kier alpha value is -4.67. The number of nitrogens with one attached hydrogen (secondary N) is 1. The molecule has 0 spiro atoms. The van der Waals surface area contributed by atoms with Crippen LogP contribution in [0.5, 0.6) is 5.75 Å². The van der Waals surface area contributed by atoms with Gasteiger partial charge in [-0.05, 0) is 64.3 Å². The standard InChI is InChI=1S/C30H26F5N6O4S/c1-39-26-23-11-8-20(19-4-3-5-22(14-19)46(2,43)44)15-24(23)40-25(18-6-9-21(10-7-18)45-30(33,34)35)16-37-41(40)27(26)28(38-39)29(31,32)17-36-12-13-42/h3-11,14-16,36,42H,12-13,17H2,1-2H3/q+1. The maximum Gasteiger partial charge on any atom is 0.573 e. The summed E-state index contributed by atoms with van der Waals surface area (Å²) in [5.41, 5.74) is 2.13. The number of aryl methyl sites for hydroxylation is 1. The molecule has 0 aliphatic rings. The molecule has 0 aliphatic heterocycles. The van der Waals surface area contributed by atoms with Gasteiger partial charge in [-0.1, -0.05) is 18.2 Å². The largest absolute Gasteiger partial charge is 0.573 e. The van der Waals surface area contributed by atoms with Gasteiger partial charge < -0.3 is 15.2 Å². The molecule has 3 aromatic carbocycles. The molecule has 0 saturated carbocycles. The molecule has 0 radical (unpaired) electrons. The van der Waals surface area contributed by atoms with E-state index in [0.717, 1.165) is 18.4 Å². The Balaban J connectivity index is 1.64. The third kappa shape index (κ3) is 5.74. The Morgan fingerprint density at radius 1 is 0.957 bits per heavy atom. The fraction of sp³-hybridized carbons (Fsp3) is 0.233. The van der Waals surface area contributed by atoms with Crippen molar-refractivity contribution < 1.29 is 44.7 Å². The summed E-state index contributed by atoms with van der Waals surface area (Å²) in [7, 11) is -2.00. The smallest absolute Gasteiger partial charge is 0.406 e. The molecule has 6 rings (SSSR count). The van der Waals surface area contributed by atoms with E-state index in [1.165, 1.54) is 46.8 Å². The molecule has 0 fully saturated rings. The van der Waals surface area contributed by atoms with Crippen LogP contribution in [-0.2, 0) is 22.8 Å². The van der Waals surface area contributed by atoms with Crippen LogP contribution < -0.4 is 14.6 Å². The average Bonchev–Trinajstić information content (AvgIpc) is 3.59. The summed E-state index contributed by atoms with van der Waals surface area (Å²) in [4.78, 5) is 0.109. The summed E-state index contributed by atoms with van der Waals surface area (Å²) in [6.07, 6.45) is -2.39. The number of aliphatic hydroxyl groups is 1. The van der Waals surface area contributed by atoms with Gasteiger partial charge in [0, 0.05) is 30.5 Å². The molecule has 10 nitrogen and oxygen atoms in total. The minimum atomic E-state index is -4.89. The second-order valence-corrected chi connectivity index (χ2v) is 12.6. The summed E-state index contributed by atoms with van der Waals surface area (Å²) >= 11 is 0. The van der Waals surface area contributed by atoms with Crippen LogP contribution in [0.2, 0.25) is 0 Å². The number of hydrogen-bond acceptors (Lipinski definition) is 7. The maximum atomic E-state index is 15.7. The number of aromatic nitrogens is 5. The number of fused-ring (bicyclic) bond motifs is 6. The second kappa shape index (κ2) is 11.3. The van der Waals surface area contributed by atoms with Crippen LogP contribution in [0, 0.1) is 0 Å².